The monoisotopic (exact) mass is 305 g/mol. The molecule has 1 N–H and O–H groups in total. The number of hydrogen-bond donors (Lipinski definition) is 1. The van der Waals surface area contributed by atoms with Crippen molar-refractivity contribution in [2.45, 2.75) is 12.5 Å². The fraction of sp³-hybridized carbons (Fsp3) is 0.176. The molecular formula is C17H15N5O. The summed E-state index contributed by atoms with van der Waals surface area (Å²) < 4.78 is 0. The minimum atomic E-state index is -0.0893. The second kappa shape index (κ2) is 5.64. The summed E-state index contributed by atoms with van der Waals surface area (Å²) in [6, 6.07) is 11.8. The lowest BCUT2D eigenvalue weighted by Crippen LogP contribution is -2.39. The molecule has 6 heteroatoms. The van der Waals surface area contributed by atoms with E-state index in [1.54, 1.807) is 23.5 Å². The Morgan fingerprint density at radius 3 is 2.83 bits per heavy atom. The lowest BCUT2D eigenvalue weighted by Gasteiger charge is -2.32. The number of carbonyl (C=O) groups is 1. The zero-order chi connectivity index (χ0) is 15.6. The van der Waals surface area contributed by atoms with Crippen molar-refractivity contribution in [1.82, 2.24) is 24.8 Å². The Bertz CT molecular complexity index is 815. The number of imidazole rings is 1. The number of aromatic nitrogens is 4. The second-order valence-corrected chi connectivity index (χ2v) is 5.51. The predicted molar refractivity (Wildman–Crippen MR) is 83.6 cm³/mol. The molecule has 6 nitrogen and oxygen atoms in total. The molecule has 0 aliphatic carbocycles. The van der Waals surface area contributed by atoms with Gasteiger partial charge in [-0.3, -0.25) is 4.79 Å². The minimum absolute atomic E-state index is 0.0667. The molecule has 3 aromatic rings. The molecule has 1 aromatic carbocycles. The number of nitrogens with one attached hydrogen (secondary N) is 1. The molecule has 23 heavy (non-hydrogen) atoms. The second-order valence-electron chi connectivity index (χ2n) is 5.51. The van der Waals surface area contributed by atoms with E-state index >= 15 is 0 Å². The number of nitrogens with zero attached hydrogens (tertiary/aromatic N) is 4. The van der Waals surface area contributed by atoms with E-state index in [2.05, 4.69) is 32.1 Å². The molecule has 0 saturated carbocycles. The van der Waals surface area contributed by atoms with Gasteiger partial charge in [0.05, 0.1) is 24.3 Å². The SMILES string of the molecule is O=C(c1ccncn1)N1Cc2[nH]cnc2C(c2ccccc2)C1. The number of rotatable bonds is 2. The highest BCUT2D eigenvalue weighted by Crippen LogP contribution is 2.31. The van der Waals surface area contributed by atoms with E-state index in [0.29, 0.717) is 18.8 Å². The summed E-state index contributed by atoms with van der Waals surface area (Å²) in [6.07, 6.45) is 4.67. The number of benzene rings is 1. The largest absolute Gasteiger partial charge is 0.347 e. The van der Waals surface area contributed by atoms with E-state index in [9.17, 15) is 4.79 Å². The van der Waals surface area contributed by atoms with Crippen LogP contribution < -0.4 is 0 Å². The molecule has 0 radical (unpaired) electrons. The van der Waals surface area contributed by atoms with Crippen LogP contribution in [0.15, 0.2) is 55.2 Å². The normalized spacial score (nSPS) is 16.9. The highest BCUT2D eigenvalue weighted by molar-refractivity contribution is 5.92. The van der Waals surface area contributed by atoms with Crippen LogP contribution in [0.4, 0.5) is 0 Å². The van der Waals surface area contributed by atoms with Gasteiger partial charge in [-0.1, -0.05) is 30.3 Å². The first kappa shape index (κ1) is 13.6. The fourth-order valence-electron chi connectivity index (χ4n) is 3.00. The summed E-state index contributed by atoms with van der Waals surface area (Å²) in [5.41, 5.74) is 3.56. The fourth-order valence-corrected chi connectivity index (χ4v) is 3.00. The van der Waals surface area contributed by atoms with Gasteiger partial charge in [0.1, 0.15) is 12.0 Å². The molecule has 1 amide bonds. The topological polar surface area (TPSA) is 74.8 Å². The van der Waals surface area contributed by atoms with E-state index in [1.807, 2.05) is 18.2 Å². The van der Waals surface area contributed by atoms with Crippen molar-refractivity contribution in [3.63, 3.8) is 0 Å². The van der Waals surface area contributed by atoms with Gasteiger partial charge in [0.25, 0.3) is 5.91 Å². The van der Waals surface area contributed by atoms with Gasteiger partial charge in [0.15, 0.2) is 0 Å². The van der Waals surface area contributed by atoms with Crippen molar-refractivity contribution in [1.29, 1.82) is 0 Å². The molecule has 3 heterocycles. The molecule has 1 unspecified atom stereocenters. The first-order chi connectivity index (χ1) is 11.3. The van der Waals surface area contributed by atoms with Crippen LogP contribution in [0.5, 0.6) is 0 Å². The van der Waals surface area contributed by atoms with Gasteiger partial charge in [0.2, 0.25) is 0 Å². The van der Waals surface area contributed by atoms with Gasteiger partial charge >= 0.3 is 0 Å². The Balaban J connectivity index is 1.69. The van der Waals surface area contributed by atoms with Gasteiger partial charge in [-0.05, 0) is 11.6 Å². The van der Waals surface area contributed by atoms with Crippen molar-refractivity contribution < 1.29 is 4.79 Å². The van der Waals surface area contributed by atoms with Crippen LogP contribution in [0.1, 0.15) is 33.4 Å². The predicted octanol–water partition coefficient (Wildman–Crippen LogP) is 1.99. The number of H-pyrrole nitrogens is 1. The Labute approximate surface area is 133 Å². The van der Waals surface area contributed by atoms with E-state index in [-0.39, 0.29) is 11.8 Å². The van der Waals surface area contributed by atoms with Crippen molar-refractivity contribution in [2.75, 3.05) is 6.54 Å². The Hall–Kier alpha value is -3.02. The first-order valence-corrected chi connectivity index (χ1v) is 7.45. The molecule has 1 atom stereocenters. The lowest BCUT2D eigenvalue weighted by atomic mass is 9.91. The number of hydrogen-bond acceptors (Lipinski definition) is 4. The number of fused-ring (bicyclic) bond motifs is 1. The van der Waals surface area contributed by atoms with E-state index < -0.39 is 0 Å². The minimum Gasteiger partial charge on any atom is -0.347 e. The van der Waals surface area contributed by atoms with Gasteiger partial charge in [-0.15, -0.1) is 0 Å². The molecule has 0 fully saturated rings. The summed E-state index contributed by atoms with van der Waals surface area (Å²) >= 11 is 0. The first-order valence-electron chi connectivity index (χ1n) is 7.45. The van der Waals surface area contributed by atoms with Gasteiger partial charge < -0.3 is 9.88 Å². The van der Waals surface area contributed by atoms with E-state index in [0.717, 1.165) is 17.0 Å². The number of aromatic amines is 1. The van der Waals surface area contributed by atoms with Crippen LogP contribution >= 0.6 is 0 Å². The molecule has 0 bridgehead atoms. The highest BCUT2D eigenvalue weighted by atomic mass is 16.2. The Morgan fingerprint density at radius 1 is 1.17 bits per heavy atom. The van der Waals surface area contributed by atoms with Crippen LogP contribution in [0.25, 0.3) is 0 Å². The summed E-state index contributed by atoms with van der Waals surface area (Å²) in [7, 11) is 0. The molecule has 1 aliphatic heterocycles. The van der Waals surface area contributed by atoms with Gasteiger partial charge in [0, 0.05) is 18.7 Å². The number of amides is 1. The van der Waals surface area contributed by atoms with Crippen LogP contribution in [0.3, 0.4) is 0 Å². The standard InChI is InChI=1S/C17H15N5O/c23-17(14-6-7-18-10-19-14)22-8-13(12-4-2-1-3-5-12)16-15(9-22)20-11-21-16/h1-7,10-11,13H,8-9H2,(H,20,21). The van der Waals surface area contributed by atoms with Crippen molar-refractivity contribution in [2.24, 2.45) is 0 Å². The molecule has 0 spiro atoms. The zero-order valence-electron chi connectivity index (χ0n) is 12.4. The number of carbonyl (C=O) groups excluding carboxylic acids is 1. The van der Waals surface area contributed by atoms with Crippen LogP contribution in [-0.4, -0.2) is 37.3 Å². The summed E-state index contributed by atoms with van der Waals surface area (Å²) in [6.45, 7) is 1.10. The van der Waals surface area contributed by atoms with Crippen LogP contribution in [0.2, 0.25) is 0 Å². The van der Waals surface area contributed by atoms with Crippen LogP contribution in [0, 0.1) is 0 Å². The Morgan fingerprint density at radius 2 is 2.04 bits per heavy atom. The van der Waals surface area contributed by atoms with Crippen molar-refractivity contribution in [3.05, 3.63) is 77.9 Å². The maximum absolute atomic E-state index is 12.7. The summed E-state index contributed by atoms with van der Waals surface area (Å²) in [4.78, 5) is 30.1. The highest BCUT2D eigenvalue weighted by Gasteiger charge is 2.31. The average molecular weight is 305 g/mol. The molecule has 4 rings (SSSR count). The third-order valence-electron chi connectivity index (χ3n) is 4.12. The Kier molecular flexibility index (Phi) is 3.34. The maximum Gasteiger partial charge on any atom is 0.272 e. The van der Waals surface area contributed by atoms with Crippen LogP contribution in [-0.2, 0) is 6.54 Å². The maximum atomic E-state index is 12.7. The molecule has 0 saturated heterocycles. The van der Waals surface area contributed by atoms with E-state index in [1.165, 1.54) is 6.33 Å². The third kappa shape index (κ3) is 2.48. The lowest BCUT2D eigenvalue weighted by molar-refractivity contribution is 0.0715. The third-order valence-corrected chi connectivity index (χ3v) is 4.12. The summed E-state index contributed by atoms with van der Waals surface area (Å²) in [5.74, 6) is -0.0226. The van der Waals surface area contributed by atoms with Gasteiger partial charge in [-0.2, -0.15) is 0 Å². The quantitative estimate of drug-likeness (QED) is 0.785. The smallest absolute Gasteiger partial charge is 0.272 e. The van der Waals surface area contributed by atoms with Gasteiger partial charge in [-0.25, -0.2) is 15.0 Å². The van der Waals surface area contributed by atoms with E-state index in [4.69, 9.17) is 0 Å². The molecular weight excluding hydrogens is 290 g/mol. The summed E-state index contributed by atoms with van der Waals surface area (Å²) in [5, 5.41) is 0. The molecule has 2 aromatic heterocycles. The molecule has 1 aliphatic rings. The van der Waals surface area contributed by atoms with Crippen molar-refractivity contribution in [3.8, 4) is 0 Å². The van der Waals surface area contributed by atoms with Crippen molar-refractivity contribution >= 4 is 5.91 Å². The average Bonchev–Trinajstić information content (AvgIpc) is 3.10. The zero-order valence-corrected chi connectivity index (χ0v) is 12.4. The molecule has 114 valence electrons.